The molecular weight excluding hydrogens is 238 g/mol. The van der Waals surface area contributed by atoms with E-state index in [0.29, 0.717) is 24.4 Å². The van der Waals surface area contributed by atoms with Gasteiger partial charge in [-0.2, -0.15) is 0 Å². The fourth-order valence-corrected chi connectivity index (χ4v) is 4.91. The first-order chi connectivity index (χ1) is 8.41. The van der Waals surface area contributed by atoms with Crippen LogP contribution < -0.4 is 0 Å². The zero-order valence-electron chi connectivity index (χ0n) is 10.9. The van der Waals surface area contributed by atoms with Crippen LogP contribution in [-0.2, 0) is 4.74 Å². The van der Waals surface area contributed by atoms with Gasteiger partial charge in [0.05, 0.1) is 12.2 Å². The molecule has 4 aliphatic rings. The second-order valence-electron chi connectivity index (χ2n) is 6.98. The molecule has 4 saturated carbocycles. The van der Waals surface area contributed by atoms with E-state index in [4.69, 9.17) is 4.74 Å². The summed E-state index contributed by atoms with van der Waals surface area (Å²) in [5.41, 5.74) is -0.462. The maximum Gasteiger partial charge on any atom is 0.261 e. The Balaban J connectivity index is 1.68. The Morgan fingerprint density at radius 1 is 1.22 bits per heavy atom. The third-order valence-corrected chi connectivity index (χ3v) is 5.62. The van der Waals surface area contributed by atoms with Crippen molar-refractivity contribution in [3.8, 4) is 0 Å². The Hall–Kier alpha value is -0.220. The number of halogens is 2. The third kappa shape index (κ3) is 1.97. The van der Waals surface area contributed by atoms with E-state index in [-0.39, 0.29) is 5.41 Å². The maximum absolute atomic E-state index is 12.2. The molecule has 0 heterocycles. The van der Waals surface area contributed by atoms with Gasteiger partial charge in [-0.05, 0) is 62.2 Å². The lowest BCUT2D eigenvalue weighted by Crippen LogP contribution is -2.60. The van der Waals surface area contributed by atoms with Crippen LogP contribution in [0.3, 0.4) is 0 Å². The van der Waals surface area contributed by atoms with Gasteiger partial charge in [0.25, 0.3) is 6.43 Å². The molecule has 2 atom stereocenters. The average molecular weight is 260 g/mol. The Morgan fingerprint density at radius 2 is 1.83 bits per heavy atom. The number of hydrogen-bond acceptors (Lipinski definition) is 2. The van der Waals surface area contributed by atoms with Gasteiger partial charge in [-0.25, -0.2) is 8.78 Å². The Morgan fingerprint density at radius 3 is 2.39 bits per heavy atom. The molecule has 104 valence electrons. The molecule has 4 fully saturated rings. The first-order valence-electron chi connectivity index (χ1n) is 6.99. The lowest BCUT2D eigenvalue weighted by atomic mass is 9.45. The van der Waals surface area contributed by atoms with E-state index < -0.39 is 18.6 Å². The minimum absolute atomic E-state index is 0.0770. The van der Waals surface area contributed by atoms with Crippen LogP contribution in [0.5, 0.6) is 0 Å². The van der Waals surface area contributed by atoms with Crippen LogP contribution in [0.1, 0.15) is 39.0 Å². The highest BCUT2D eigenvalue weighted by molar-refractivity contribution is 5.10. The molecule has 0 radical (unpaired) electrons. The lowest BCUT2D eigenvalue weighted by Gasteiger charge is -2.62. The lowest BCUT2D eigenvalue weighted by molar-refractivity contribution is -0.206. The summed E-state index contributed by atoms with van der Waals surface area (Å²) in [6, 6.07) is 0. The summed E-state index contributed by atoms with van der Waals surface area (Å²) in [6.45, 7) is 1.98. The molecule has 2 unspecified atom stereocenters. The van der Waals surface area contributed by atoms with Crippen LogP contribution >= 0.6 is 0 Å². The van der Waals surface area contributed by atoms with Crippen molar-refractivity contribution in [1.29, 1.82) is 0 Å². The van der Waals surface area contributed by atoms with Crippen LogP contribution in [0.2, 0.25) is 0 Å². The largest absolute Gasteiger partial charge is 0.390 e. The summed E-state index contributed by atoms with van der Waals surface area (Å²) < 4.78 is 29.5. The van der Waals surface area contributed by atoms with E-state index >= 15 is 0 Å². The van der Waals surface area contributed by atoms with E-state index in [1.54, 1.807) is 0 Å². The smallest absolute Gasteiger partial charge is 0.261 e. The molecule has 4 rings (SSSR count). The standard InChI is InChI=1S/C14H22F2O2/c1-13(17)10-2-9-3-11(13)6-14(4-9,5-10)8-18-7-12(15)16/h9-12,17H,2-8H2,1H3. The molecule has 4 bridgehead atoms. The molecule has 4 heteroatoms. The zero-order chi connectivity index (χ0) is 13.0. The van der Waals surface area contributed by atoms with Gasteiger partial charge in [0.1, 0.15) is 6.61 Å². The molecular formula is C14H22F2O2. The van der Waals surface area contributed by atoms with E-state index in [1.165, 1.54) is 0 Å². The van der Waals surface area contributed by atoms with Crippen molar-refractivity contribution in [3.63, 3.8) is 0 Å². The van der Waals surface area contributed by atoms with Crippen molar-refractivity contribution in [2.24, 2.45) is 23.2 Å². The van der Waals surface area contributed by atoms with Crippen LogP contribution in [-0.4, -0.2) is 30.3 Å². The summed E-state index contributed by atoms with van der Waals surface area (Å²) in [5.74, 6) is 1.37. The van der Waals surface area contributed by atoms with Gasteiger partial charge in [-0.3, -0.25) is 0 Å². The van der Waals surface area contributed by atoms with Gasteiger partial charge in [0.2, 0.25) is 0 Å². The Labute approximate surface area is 107 Å². The van der Waals surface area contributed by atoms with Crippen LogP contribution in [0, 0.1) is 23.2 Å². The van der Waals surface area contributed by atoms with Crippen LogP contribution in [0.4, 0.5) is 8.78 Å². The SMILES string of the molecule is CC1(O)C2CC3CC1CC(COCC(F)F)(C3)C2. The molecule has 0 aromatic rings. The minimum Gasteiger partial charge on any atom is -0.390 e. The first-order valence-corrected chi connectivity index (χ1v) is 6.99. The van der Waals surface area contributed by atoms with Gasteiger partial charge < -0.3 is 9.84 Å². The molecule has 0 aromatic carbocycles. The van der Waals surface area contributed by atoms with Crippen molar-refractivity contribution < 1.29 is 18.6 Å². The third-order valence-electron chi connectivity index (χ3n) is 5.62. The van der Waals surface area contributed by atoms with Gasteiger partial charge in [0.15, 0.2) is 0 Å². The normalized spacial score (nSPS) is 50.2. The molecule has 0 spiro atoms. The first kappa shape index (κ1) is 12.8. The van der Waals surface area contributed by atoms with E-state index in [2.05, 4.69) is 0 Å². The monoisotopic (exact) mass is 260 g/mol. The van der Waals surface area contributed by atoms with Crippen molar-refractivity contribution in [1.82, 2.24) is 0 Å². The predicted molar refractivity (Wildman–Crippen MR) is 63.4 cm³/mol. The summed E-state index contributed by atoms with van der Waals surface area (Å²) >= 11 is 0. The quantitative estimate of drug-likeness (QED) is 0.842. The minimum atomic E-state index is -2.37. The second kappa shape index (κ2) is 4.14. The Bertz CT molecular complexity index is 312. The van der Waals surface area contributed by atoms with Gasteiger partial charge in [-0.15, -0.1) is 0 Å². The van der Waals surface area contributed by atoms with E-state index in [0.717, 1.165) is 32.1 Å². The summed E-state index contributed by atoms with van der Waals surface area (Å²) in [6.07, 6.45) is 2.87. The number of ether oxygens (including phenoxy) is 1. The fourth-order valence-electron chi connectivity index (χ4n) is 4.91. The molecule has 0 aromatic heterocycles. The molecule has 18 heavy (non-hydrogen) atoms. The number of rotatable bonds is 4. The van der Waals surface area contributed by atoms with Gasteiger partial charge >= 0.3 is 0 Å². The number of aliphatic hydroxyl groups is 1. The predicted octanol–water partition coefficient (Wildman–Crippen LogP) is 2.85. The van der Waals surface area contributed by atoms with Crippen LogP contribution in [0.15, 0.2) is 0 Å². The highest BCUT2D eigenvalue weighted by Crippen LogP contribution is 2.63. The maximum atomic E-state index is 12.2. The molecule has 1 N–H and O–H groups in total. The molecule has 0 aliphatic heterocycles. The van der Waals surface area contributed by atoms with E-state index in [9.17, 15) is 13.9 Å². The zero-order valence-corrected chi connectivity index (χ0v) is 10.9. The number of hydrogen-bond donors (Lipinski definition) is 1. The molecule has 2 nitrogen and oxygen atoms in total. The number of alkyl halides is 2. The van der Waals surface area contributed by atoms with Crippen molar-refractivity contribution >= 4 is 0 Å². The van der Waals surface area contributed by atoms with Gasteiger partial charge in [-0.1, -0.05) is 0 Å². The molecule has 0 saturated heterocycles. The summed E-state index contributed by atoms with van der Waals surface area (Å²) in [7, 11) is 0. The van der Waals surface area contributed by atoms with E-state index in [1.807, 2.05) is 6.92 Å². The van der Waals surface area contributed by atoms with Crippen molar-refractivity contribution in [3.05, 3.63) is 0 Å². The highest BCUT2D eigenvalue weighted by Gasteiger charge is 2.59. The molecule has 4 aliphatic carbocycles. The van der Waals surface area contributed by atoms with Crippen molar-refractivity contribution in [2.45, 2.75) is 51.1 Å². The highest BCUT2D eigenvalue weighted by atomic mass is 19.3. The second-order valence-corrected chi connectivity index (χ2v) is 6.98. The summed E-state index contributed by atoms with van der Waals surface area (Å²) in [5, 5.41) is 10.6. The topological polar surface area (TPSA) is 29.5 Å². The van der Waals surface area contributed by atoms with Gasteiger partial charge in [0, 0.05) is 0 Å². The van der Waals surface area contributed by atoms with Crippen molar-refractivity contribution in [2.75, 3.05) is 13.2 Å². The fraction of sp³-hybridized carbons (Fsp3) is 1.00. The molecule has 0 amide bonds. The Kier molecular flexibility index (Phi) is 2.94. The summed E-state index contributed by atoms with van der Waals surface area (Å²) in [4.78, 5) is 0. The van der Waals surface area contributed by atoms with Crippen LogP contribution in [0.25, 0.3) is 0 Å². The average Bonchev–Trinajstić information content (AvgIpc) is 2.24.